The zero-order chi connectivity index (χ0) is 15.5. The lowest BCUT2D eigenvalue weighted by Crippen LogP contribution is -2.10. The number of pyridine rings is 1. The Morgan fingerprint density at radius 3 is 2.43 bits per heavy atom. The van der Waals surface area contributed by atoms with Gasteiger partial charge in [0.25, 0.3) is 0 Å². The van der Waals surface area contributed by atoms with Crippen molar-refractivity contribution >= 4 is 38.9 Å². The summed E-state index contributed by atoms with van der Waals surface area (Å²) < 4.78 is 39.6. The fourth-order valence-electron chi connectivity index (χ4n) is 1.68. The molecule has 0 saturated heterocycles. The predicted molar refractivity (Wildman–Crippen MR) is 82.7 cm³/mol. The number of anilines is 2. The number of aromatic nitrogens is 1. The lowest BCUT2D eigenvalue weighted by atomic mass is 10.2. The number of hydrogen-bond acceptors (Lipinski definition) is 4. The SMILES string of the molecule is CCNc1cc(C(F)(F)F)cc(NCc2sccc2Br)n1. The molecule has 0 spiro atoms. The number of rotatable bonds is 5. The Morgan fingerprint density at radius 2 is 1.90 bits per heavy atom. The van der Waals surface area contributed by atoms with Gasteiger partial charge in [-0.15, -0.1) is 11.3 Å². The fourth-order valence-corrected chi connectivity index (χ4v) is 3.11. The van der Waals surface area contributed by atoms with E-state index in [1.165, 1.54) is 11.3 Å². The van der Waals surface area contributed by atoms with Crippen LogP contribution in [0, 0.1) is 0 Å². The highest BCUT2D eigenvalue weighted by Gasteiger charge is 2.31. The minimum absolute atomic E-state index is 0.195. The Kier molecular flexibility index (Phi) is 5.10. The summed E-state index contributed by atoms with van der Waals surface area (Å²) in [6, 6.07) is 3.92. The lowest BCUT2D eigenvalue weighted by molar-refractivity contribution is -0.137. The summed E-state index contributed by atoms with van der Waals surface area (Å²) in [5.74, 6) is 0.404. The first-order valence-corrected chi connectivity index (χ1v) is 7.86. The maximum atomic E-state index is 12.9. The van der Waals surface area contributed by atoms with Crippen LogP contribution in [0.3, 0.4) is 0 Å². The summed E-state index contributed by atoms with van der Waals surface area (Å²) in [6.07, 6.45) is -4.40. The third-order valence-electron chi connectivity index (χ3n) is 2.63. The molecule has 0 unspecified atom stereocenters. The van der Waals surface area contributed by atoms with Crippen molar-refractivity contribution in [1.29, 1.82) is 0 Å². The Morgan fingerprint density at radius 1 is 1.24 bits per heavy atom. The minimum atomic E-state index is -4.40. The van der Waals surface area contributed by atoms with Gasteiger partial charge in [0.2, 0.25) is 0 Å². The average molecular weight is 380 g/mol. The van der Waals surface area contributed by atoms with Crippen LogP contribution in [-0.4, -0.2) is 11.5 Å². The van der Waals surface area contributed by atoms with Crippen molar-refractivity contribution in [2.75, 3.05) is 17.2 Å². The Balaban J connectivity index is 2.21. The normalized spacial score (nSPS) is 11.5. The number of nitrogens with zero attached hydrogens (tertiary/aromatic N) is 1. The van der Waals surface area contributed by atoms with Gasteiger partial charge in [-0.2, -0.15) is 13.2 Å². The number of alkyl halides is 3. The van der Waals surface area contributed by atoms with E-state index in [0.29, 0.717) is 13.1 Å². The molecule has 114 valence electrons. The molecule has 0 radical (unpaired) electrons. The molecule has 21 heavy (non-hydrogen) atoms. The Bertz CT molecular complexity index is 613. The van der Waals surface area contributed by atoms with Crippen LogP contribution in [-0.2, 0) is 12.7 Å². The van der Waals surface area contributed by atoms with Crippen molar-refractivity contribution in [2.24, 2.45) is 0 Å². The number of thiophene rings is 1. The van der Waals surface area contributed by atoms with Gasteiger partial charge >= 0.3 is 6.18 Å². The van der Waals surface area contributed by atoms with Gasteiger partial charge in [0.1, 0.15) is 11.6 Å². The van der Waals surface area contributed by atoms with E-state index in [0.717, 1.165) is 21.5 Å². The molecule has 0 aliphatic carbocycles. The zero-order valence-electron chi connectivity index (χ0n) is 11.1. The van der Waals surface area contributed by atoms with Gasteiger partial charge in [0.05, 0.1) is 12.1 Å². The first kappa shape index (κ1) is 16.1. The maximum absolute atomic E-state index is 12.9. The third-order valence-corrected chi connectivity index (χ3v) is 4.56. The quantitative estimate of drug-likeness (QED) is 0.769. The second kappa shape index (κ2) is 6.65. The van der Waals surface area contributed by atoms with Crippen LogP contribution in [0.1, 0.15) is 17.4 Å². The highest BCUT2D eigenvalue weighted by molar-refractivity contribution is 9.10. The van der Waals surface area contributed by atoms with E-state index < -0.39 is 11.7 Å². The van der Waals surface area contributed by atoms with Crippen LogP contribution in [0.5, 0.6) is 0 Å². The molecular formula is C13H13BrF3N3S. The molecule has 2 aromatic rings. The summed E-state index contributed by atoms with van der Waals surface area (Å²) in [5, 5.41) is 7.64. The minimum Gasteiger partial charge on any atom is -0.370 e. The standard InChI is InChI=1S/C13H13BrF3N3S/c1-2-18-11-5-8(13(15,16)17)6-12(20-11)19-7-10-9(14)3-4-21-10/h3-6H,2,7H2,1H3,(H2,18,19,20). The molecule has 0 aromatic carbocycles. The van der Waals surface area contributed by atoms with Gasteiger partial charge < -0.3 is 10.6 Å². The fraction of sp³-hybridized carbons (Fsp3) is 0.308. The van der Waals surface area contributed by atoms with Crippen LogP contribution < -0.4 is 10.6 Å². The molecule has 0 bridgehead atoms. The number of halogens is 4. The molecule has 0 aliphatic heterocycles. The summed E-state index contributed by atoms with van der Waals surface area (Å²) in [4.78, 5) is 5.13. The molecule has 8 heteroatoms. The molecule has 0 atom stereocenters. The van der Waals surface area contributed by atoms with Crippen molar-refractivity contribution in [3.63, 3.8) is 0 Å². The second-order valence-electron chi connectivity index (χ2n) is 4.20. The molecule has 2 heterocycles. The van der Waals surface area contributed by atoms with Crippen molar-refractivity contribution in [1.82, 2.24) is 4.98 Å². The van der Waals surface area contributed by atoms with Gasteiger partial charge in [-0.05, 0) is 46.4 Å². The monoisotopic (exact) mass is 379 g/mol. The lowest BCUT2D eigenvalue weighted by Gasteiger charge is -2.13. The largest absolute Gasteiger partial charge is 0.416 e. The van der Waals surface area contributed by atoms with Crippen molar-refractivity contribution in [3.05, 3.63) is 38.5 Å². The van der Waals surface area contributed by atoms with E-state index in [1.54, 1.807) is 6.92 Å². The van der Waals surface area contributed by atoms with Crippen LogP contribution in [0.4, 0.5) is 24.8 Å². The van der Waals surface area contributed by atoms with Gasteiger partial charge in [-0.3, -0.25) is 0 Å². The predicted octanol–water partition coefficient (Wildman–Crippen LogP) is 4.97. The first-order chi connectivity index (χ1) is 9.90. The third kappa shape index (κ3) is 4.34. The van der Waals surface area contributed by atoms with Crippen LogP contribution in [0.2, 0.25) is 0 Å². The molecule has 3 nitrogen and oxygen atoms in total. The summed E-state index contributed by atoms with van der Waals surface area (Å²) in [5.41, 5.74) is -0.721. The smallest absolute Gasteiger partial charge is 0.370 e. The highest BCUT2D eigenvalue weighted by atomic mass is 79.9. The van der Waals surface area contributed by atoms with Gasteiger partial charge in [-0.25, -0.2) is 4.98 Å². The highest BCUT2D eigenvalue weighted by Crippen LogP contribution is 2.32. The molecule has 2 aromatic heterocycles. The average Bonchev–Trinajstić information content (AvgIpc) is 2.81. The van der Waals surface area contributed by atoms with E-state index in [4.69, 9.17) is 0 Å². The molecule has 2 rings (SSSR count). The van der Waals surface area contributed by atoms with Crippen molar-refractivity contribution in [3.8, 4) is 0 Å². The Labute approximate surface area is 132 Å². The first-order valence-electron chi connectivity index (χ1n) is 6.19. The van der Waals surface area contributed by atoms with Gasteiger partial charge in [0.15, 0.2) is 0 Å². The molecular weight excluding hydrogens is 367 g/mol. The zero-order valence-corrected chi connectivity index (χ0v) is 13.5. The Hall–Kier alpha value is -1.28. The van der Waals surface area contributed by atoms with E-state index in [2.05, 4.69) is 31.5 Å². The number of hydrogen-bond donors (Lipinski definition) is 2. The van der Waals surface area contributed by atoms with Crippen molar-refractivity contribution in [2.45, 2.75) is 19.6 Å². The second-order valence-corrected chi connectivity index (χ2v) is 6.05. The summed E-state index contributed by atoms with van der Waals surface area (Å²) in [6.45, 7) is 2.72. The van der Waals surface area contributed by atoms with Crippen molar-refractivity contribution < 1.29 is 13.2 Å². The van der Waals surface area contributed by atoms with Crippen LogP contribution in [0.15, 0.2) is 28.1 Å². The maximum Gasteiger partial charge on any atom is 0.416 e. The van der Waals surface area contributed by atoms with Crippen LogP contribution in [0.25, 0.3) is 0 Å². The number of nitrogens with one attached hydrogen (secondary N) is 2. The van der Waals surface area contributed by atoms with E-state index >= 15 is 0 Å². The topological polar surface area (TPSA) is 37.0 Å². The molecule has 2 N–H and O–H groups in total. The van der Waals surface area contributed by atoms with Crippen LogP contribution >= 0.6 is 27.3 Å². The molecule has 0 fully saturated rings. The van der Waals surface area contributed by atoms with Gasteiger partial charge in [0, 0.05) is 15.9 Å². The summed E-state index contributed by atoms with van der Waals surface area (Å²) in [7, 11) is 0. The van der Waals surface area contributed by atoms with Gasteiger partial charge in [-0.1, -0.05) is 0 Å². The van der Waals surface area contributed by atoms with E-state index in [-0.39, 0.29) is 11.6 Å². The molecule has 0 saturated carbocycles. The van der Waals surface area contributed by atoms with E-state index in [9.17, 15) is 13.2 Å². The molecule has 0 aliphatic rings. The molecule has 0 amide bonds. The summed E-state index contributed by atoms with van der Waals surface area (Å²) >= 11 is 4.90. The van der Waals surface area contributed by atoms with E-state index in [1.807, 2.05) is 11.4 Å².